The number of benzene rings is 1. The average molecular weight is 253 g/mol. The quantitative estimate of drug-likeness (QED) is 0.474. The molecule has 0 aliphatic rings. The van der Waals surface area contributed by atoms with Crippen molar-refractivity contribution in [3.63, 3.8) is 0 Å². The topological polar surface area (TPSA) is 61.5 Å². The second-order valence-corrected chi connectivity index (χ2v) is 3.86. The number of esters is 1. The molecule has 0 atom stereocenters. The lowest BCUT2D eigenvalue weighted by atomic mass is 10.2. The minimum absolute atomic E-state index is 0.225. The first-order chi connectivity index (χ1) is 8.13. The summed E-state index contributed by atoms with van der Waals surface area (Å²) in [5.41, 5.74) is 6.28. The van der Waals surface area contributed by atoms with E-state index in [9.17, 15) is 4.79 Å². The lowest BCUT2D eigenvalue weighted by Crippen LogP contribution is -2.09. The molecule has 0 aliphatic heterocycles. The summed E-state index contributed by atoms with van der Waals surface area (Å²) >= 11 is 4.84. The van der Waals surface area contributed by atoms with Crippen molar-refractivity contribution in [1.82, 2.24) is 0 Å². The number of carbonyl (C=O) groups excluding carboxylic acids is 1. The minimum Gasteiger partial charge on any atom is -0.494 e. The smallest absolute Gasteiger partial charge is 0.305 e. The third-order valence-corrected chi connectivity index (χ3v) is 2.40. The van der Waals surface area contributed by atoms with E-state index in [0.29, 0.717) is 24.4 Å². The van der Waals surface area contributed by atoms with Crippen molar-refractivity contribution in [2.24, 2.45) is 5.73 Å². The molecule has 0 aliphatic carbocycles. The Labute approximate surface area is 106 Å². The summed E-state index contributed by atoms with van der Waals surface area (Å²) in [6.07, 6.45) is 0.991. The normalized spacial score (nSPS) is 9.71. The SMILES string of the molecule is COC(=O)CCCOc1ccc(C(N)=S)cc1. The summed E-state index contributed by atoms with van der Waals surface area (Å²) in [6.45, 7) is 0.474. The van der Waals surface area contributed by atoms with Crippen molar-refractivity contribution in [2.75, 3.05) is 13.7 Å². The first-order valence-corrected chi connectivity index (χ1v) is 5.64. The van der Waals surface area contributed by atoms with Crippen molar-refractivity contribution in [3.8, 4) is 5.75 Å². The molecule has 0 amide bonds. The fourth-order valence-corrected chi connectivity index (χ4v) is 1.36. The number of nitrogens with two attached hydrogens (primary N) is 1. The summed E-state index contributed by atoms with van der Waals surface area (Å²) in [6, 6.07) is 7.20. The first-order valence-electron chi connectivity index (χ1n) is 5.23. The van der Waals surface area contributed by atoms with Crippen LogP contribution in [0.3, 0.4) is 0 Å². The molecular weight excluding hydrogens is 238 g/mol. The molecule has 0 unspecified atom stereocenters. The van der Waals surface area contributed by atoms with Crippen molar-refractivity contribution < 1.29 is 14.3 Å². The van der Waals surface area contributed by atoms with Gasteiger partial charge in [-0.2, -0.15) is 0 Å². The van der Waals surface area contributed by atoms with E-state index < -0.39 is 0 Å². The summed E-state index contributed by atoms with van der Waals surface area (Å²) < 4.78 is 9.97. The van der Waals surface area contributed by atoms with E-state index in [2.05, 4.69) is 4.74 Å². The van der Waals surface area contributed by atoms with E-state index in [-0.39, 0.29) is 5.97 Å². The predicted octanol–water partition coefficient (Wildman–Crippen LogP) is 1.65. The van der Waals surface area contributed by atoms with Gasteiger partial charge in [-0.15, -0.1) is 0 Å². The standard InChI is InChI=1S/C12H15NO3S/c1-15-11(14)3-2-8-16-10-6-4-9(5-7-10)12(13)17/h4-7H,2-3,8H2,1H3,(H2,13,17). The molecule has 0 radical (unpaired) electrons. The van der Waals surface area contributed by atoms with Gasteiger partial charge in [0.2, 0.25) is 0 Å². The maximum absolute atomic E-state index is 10.8. The van der Waals surface area contributed by atoms with Gasteiger partial charge < -0.3 is 15.2 Å². The average Bonchev–Trinajstić information content (AvgIpc) is 2.34. The van der Waals surface area contributed by atoms with E-state index in [4.69, 9.17) is 22.7 Å². The molecule has 4 nitrogen and oxygen atoms in total. The lowest BCUT2D eigenvalue weighted by molar-refractivity contribution is -0.140. The second kappa shape index (κ2) is 6.85. The van der Waals surface area contributed by atoms with Crippen LogP contribution in [0.2, 0.25) is 0 Å². The van der Waals surface area contributed by atoms with Crippen LogP contribution in [-0.2, 0) is 9.53 Å². The maximum Gasteiger partial charge on any atom is 0.305 e. The summed E-state index contributed by atoms with van der Waals surface area (Å²) in [7, 11) is 1.37. The molecule has 0 aromatic heterocycles. The van der Waals surface area contributed by atoms with E-state index >= 15 is 0 Å². The van der Waals surface area contributed by atoms with Gasteiger partial charge in [-0.05, 0) is 30.7 Å². The lowest BCUT2D eigenvalue weighted by Gasteiger charge is -2.06. The van der Waals surface area contributed by atoms with Crippen molar-refractivity contribution in [1.29, 1.82) is 0 Å². The molecule has 5 heteroatoms. The van der Waals surface area contributed by atoms with Crippen LogP contribution in [0, 0.1) is 0 Å². The molecule has 0 saturated heterocycles. The van der Waals surface area contributed by atoms with E-state index in [1.807, 2.05) is 0 Å². The minimum atomic E-state index is -0.225. The summed E-state index contributed by atoms with van der Waals surface area (Å²) in [5.74, 6) is 0.507. The molecular formula is C12H15NO3S. The zero-order valence-corrected chi connectivity index (χ0v) is 10.5. The van der Waals surface area contributed by atoms with Crippen LogP contribution >= 0.6 is 12.2 Å². The van der Waals surface area contributed by atoms with Gasteiger partial charge >= 0.3 is 5.97 Å². The van der Waals surface area contributed by atoms with Gasteiger partial charge in [0.05, 0.1) is 13.7 Å². The third kappa shape index (κ3) is 4.82. The molecule has 0 fully saturated rings. The van der Waals surface area contributed by atoms with Gasteiger partial charge in [0.15, 0.2) is 0 Å². The molecule has 92 valence electrons. The highest BCUT2D eigenvalue weighted by Crippen LogP contribution is 2.12. The summed E-state index contributed by atoms with van der Waals surface area (Å²) in [4.78, 5) is 11.2. The summed E-state index contributed by atoms with van der Waals surface area (Å²) in [5, 5.41) is 0. The van der Waals surface area contributed by atoms with Crippen LogP contribution < -0.4 is 10.5 Å². The highest BCUT2D eigenvalue weighted by Gasteiger charge is 2.01. The number of methoxy groups -OCH3 is 1. The molecule has 1 aromatic rings. The maximum atomic E-state index is 10.8. The van der Waals surface area contributed by atoms with Crippen molar-refractivity contribution in [3.05, 3.63) is 29.8 Å². The van der Waals surface area contributed by atoms with E-state index in [1.54, 1.807) is 24.3 Å². The number of thiocarbonyl (C=S) groups is 1. The van der Waals surface area contributed by atoms with Crippen LogP contribution in [0.5, 0.6) is 5.75 Å². The van der Waals surface area contributed by atoms with Gasteiger partial charge in [0.1, 0.15) is 10.7 Å². The molecule has 2 N–H and O–H groups in total. The largest absolute Gasteiger partial charge is 0.494 e. The number of rotatable bonds is 6. The van der Waals surface area contributed by atoms with E-state index in [1.165, 1.54) is 7.11 Å². The zero-order chi connectivity index (χ0) is 12.7. The first kappa shape index (κ1) is 13.4. The zero-order valence-electron chi connectivity index (χ0n) is 9.64. The van der Waals surface area contributed by atoms with Crippen molar-refractivity contribution in [2.45, 2.75) is 12.8 Å². The predicted molar refractivity (Wildman–Crippen MR) is 69.1 cm³/mol. The fraction of sp³-hybridized carbons (Fsp3) is 0.333. The Kier molecular flexibility index (Phi) is 5.42. The van der Waals surface area contributed by atoms with Crippen LogP contribution in [0.1, 0.15) is 18.4 Å². The van der Waals surface area contributed by atoms with Gasteiger partial charge in [0.25, 0.3) is 0 Å². The fourth-order valence-electron chi connectivity index (χ4n) is 1.22. The van der Waals surface area contributed by atoms with Crippen molar-refractivity contribution >= 4 is 23.2 Å². The Morgan fingerprint density at radius 1 is 1.35 bits per heavy atom. The van der Waals surface area contributed by atoms with Crippen LogP contribution in [0.25, 0.3) is 0 Å². The molecule has 1 rings (SSSR count). The van der Waals surface area contributed by atoms with Crippen LogP contribution in [0.4, 0.5) is 0 Å². The number of hydrogen-bond donors (Lipinski definition) is 1. The third-order valence-electron chi connectivity index (χ3n) is 2.16. The van der Waals surface area contributed by atoms with Gasteiger partial charge in [0, 0.05) is 12.0 Å². The number of carbonyl (C=O) groups is 1. The Morgan fingerprint density at radius 2 is 2.00 bits per heavy atom. The molecule has 0 heterocycles. The van der Waals surface area contributed by atoms with E-state index in [0.717, 1.165) is 11.3 Å². The van der Waals surface area contributed by atoms with Crippen LogP contribution in [-0.4, -0.2) is 24.7 Å². The number of ether oxygens (including phenoxy) is 2. The number of hydrogen-bond acceptors (Lipinski definition) is 4. The Hall–Kier alpha value is -1.62. The molecule has 0 bridgehead atoms. The van der Waals surface area contributed by atoms with Crippen LogP contribution in [0.15, 0.2) is 24.3 Å². The van der Waals surface area contributed by atoms with Gasteiger partial charge in [-0.3, -0.25) is 4.79 Å². The molecule has 0 saturated carbocycles. The Bertz CT molecular complexity index is 389. The highest BCUT2D eigenvalue weighted by molar-refractivity contribution is 7.80. The van der Waals surface area contributed by atoms with Gasteiger partial charge in [-0.25, -0.2) is 0 Å². The molecule has 0 spiro atoms. The molecule has 1 aromatic carbocycles. The Balaban J connectivity index is 2.32. The second-order valence-electron chi connectivity index (χ2n) is 3.42. The monoisotopic (exact) mass is 253 g/mol. The molecule has 17 heavy (non-hydrogen) atoms. The van der Waals surface area contributed by atoms with Gasteiger partial charge in [-0.1, -0.05) is 12.2 Å². The Morgan fingerprint density at radius 3 is 2.53 bits per heavy atom. The highest BCUT2D eigenvalue weighted by atomic mass is 32.1.